The highest BCUT2D eigenvalue weighted by Gasteiger charge is 2.20. The number of nitro benzene ring substituents is 1. The molecule has 8 heteroatoms. The van der Waals surface area contributed by atoms with Crippen molar-refractivity contribution in [3.8, 4) is 22.1 Å². The molecular formula is C21H14N2O5S. The van der Waals surface area contributed by atoms with Gasteiger partial charge in [-0.05, 0) is 36.4 Å². The van der Waals surface area contributed by atoms with Crippen LogP contribution in [0.1, 0.15) is 10.4 Å². The minimum atomic E-state index is -0.704. The quantitative estimate of drug-likeness (QED) is 0.198. The summed E-state index contributed by atoms with van der Waals surface area (Å²) in [6.07, 6.45) is 0. The van der Waals surface area contributed by atoms with Crippen LogP contribution < -0.4 is 9.47 Å². The van der Waals surface area contributed by atoms with E-state index in [9.17, 15) is 14.9 Å². The topological polar surface area (TPSA) is 91.6 Å². The number of hydrogen-bond donors (Lipinski definition) is 0. The molecule has 0 aliphatic heterocycles. The van der Waals surface area contributed by atoms with Gasteiger partial charge >= 0.3 is 11.7 Å². The summed E-state index contributed by atoms with van der Waals surface area (Å²) in [7, 11) is 1.33. The molecule has 0 N–H and O–H groups in total. The number of para-hydroxylation sites is 2. The number of aromatic nitrogens is 1. The molecule has 0 spiro atoms. The average Bonchev–Trinajstić information content (AvgIpc) is 3.17. The molecule has 0 saturated heterocycles. The van der Waals surface area contributed by atoms with Crippen molar-refractivity contribution in [3.05, 3.63) is 82.4 Å². The Hall–Kier alpha value is -3.78. The Labute approximate surface area is 169 Å². The first-order valence-corrected chi connectivity index (χ1v) is 9.38. The first-order valence-electron chi connectivity index (χ1n) is 8.56. The number of methoxy groups -OCH3 is 1. The van der Waals surface area contributed by atoms with E-state index < -0.39 is 10.9 Å². The van der Waals surface area contributed by atoms with Gasteiger partial charge in [-0.3, -0.25) is 10.1 Å². The maximum Gasteiger partial charge on any atom is 0.343 e. The van der Waals surface area contributed by atoms with E-state index in [-0.39, 0.29) is 17.0 Å². The van der Waals surface area contributed by atoms with E-state index >= 15 is 0 Å². The molecule has 0 bridgehead atoms. The molecule has 0 unspecified atom stereocenters. The zero-order chi connectivity index (χ0) is 20.4. The maximum absolute atomic E-state index is 12.6. The molecule has 0 amide bonds. The predicted octanol–water partition coefficient (Wildman–Crippen LogP) is 5.10. The molecule has 0 fully saturated rings. The van der Waals surface area contributed by atoms with Gasteiger partial charge in [0.2, 0.25) is 0 Å². The van der Waals surface area contributed by atoms with Crippen molar-refractivity contribution in [2.24, 2.45) is 0 Å². The highest BCUT2D eigenvalue weighted by molar-refractivity contribution is 7.21. The highest BCUT2D eigenvalue weighted by Crippen LogP contribution is 2.36. The van der Waals surface area contributed by atoms with E-state index in [1.54, 1.807) is 12.1 Å². The Kier molecular flexibility index (Phi) is 4.92. The monoisotopic (exact) mass is 406 g/mol. The fourth-order valence-electron chi connectivity index (χ4n) is 2.84. The molecule has 0 saturated carbocycles. The molecule has 0 atom stereocenters. The van der Waals surface area contributed by atoms with Crippen LogP contribution in [0.3, 0.4) is 0 Å². The third-order valence-corrected chi connectivity index (χ3v) is 5.29. The molecule has 1 aromatic heterocycles. The first-order chi connectivity index (χ1) is 14.1. The molecule has 0 aliphatic rings. The number of carbonyl (C=O) groups excluding carboxylic acids is 1. The van der Waals surface area contributed by atoms with Crippen LogP contribution in [0.15, 0.2) is 66.7 Å². The van der Waals surface area contributed by atoms with Crippen LogP contribution in [-0.2, 0) is 0 Å². The lowest BCUT2D eigenvalue weighted by Crippen LogP contribution is -2.10. The Morgan fingerprint density at radius 1 is 1.03 bits per heavy atom. The molecule has 0 radical (unpaired) electrons. The van der Waals surface area contributed by atoms with E-state index in [4.69, 9.17) is 9.47 Å². The van der Waals surface area contributed by atoms with Gasteiger partial charge in [-0.25, -0.2) is 9.78 Å². The van der Waals surface area contributed by atoms with E-state index in [1.165, 1.54) is 30.6 Å². The normalized spacial score (nSPS) is 10.7. The summed E-state index contributed by atoms with van der Waals surface area (Å²) in [6, 6.07) is 18.7. The van der Waals surface area contributed by atoms with Gasteiger partial charge in [0, 0.05) is 6.07 Å². The van der Waals surface area contributed by atoms with E-state index in [0.29, 0.717) is 11.3 Å². The molecule has 4 aromatic rings. The number of rotatable bonds is 5. The number of hydrogen-bond acceptors (Lipinski definition) is 7. The van der Waals surface area contributed by atoms with Crippen molar-refractivity contribution in [2.45, 2.75) is 0 Å². The summed E-state index contributed by atoms with van der Waals surface area (Å²) in [5, 5.41) is 11.9. The molecule has 0 aliphatic carbocycles. The van der Waals surface area contributed by atoms with Crippen molar-refractivity contribution in [1.82, 2.24) is 4.98 Å². The lowest BCUT2D eigenvalue weighted by molar-refractivity contribution is -0.385. The largest absolute Gasteiger partial charge is 0.490 e. The Morgan fingerprint density at radius 3 is 2.55 bits per heavy atom. The summed E-state index contributed by atoms with van der Waals surface area (Å²) in [5.74, 6) is -0.305. The van der Waals surface area contributed by atoms with Crippen molar-refractivity contribution >= 4 is 33.2 Å². The Morgan fingerprint density at radius 2 is 1.79 bits per heavy atom. The van der Waals surface area contributed by atoms with Crippen molar-refractivity contribution in [2.75, 3.05) is 7.11 Å². The van der Waals surface area contributed by atoms with E-state index in [1.807, 2.05) is 36.4 Å². The molecular weight excluding hydrogens is 392 g/mol. The van der Waals surface area contributed by atoms with Gasteiger partial charge < -0.3 is 9.47 Å². The lowest BCUT2D eigenvalue weighted by Gasteiger charge is -2.09. The minimum absolute atomic E-state index is 0.0524. The Balaban J connectivity index is 1.68. The Bertz CT molecular complexity index is 1200. The van der Waals surface area contributed by atoms with Crippen LogP contribution in [0.4, 0.5) is 5.69 Å². The number of benzene rings is 3. The fraction of sp³-hybridized carbons (Fsp3) is 0.0476. The second-order valence-corrected chi connectivity index (χ2v) is 7.05. The van der Waals surface area contributed by atoms with Gasteiger partial charge in [0.05, 0.1) is 33.4 Å². The van der Waals surface area contributed by atoms with Gasteiger partial charge in [0.1, 0.15) is 10.8 Å². The van der Waals surface area contributed by atoms with Gasteiger partial charge in [0.15, 0.2) is 5.75 Å². The van der Waals surface area contributed by atoms with Crippen LogP contribution >= 0.6 is 11.3 Å². The molecule has 1 heterocycles. The zero-order valence-corrected chi connectivity index (χ0v) is 16.0. The SMILES string of the molecule is COc1ccc(C(=O)Oc2ccccc2-c2nc3ccccc3s2)cc1[N+](=O)[O-]. The van der Waals surface area contributed by atoms with E-state index in [0.717, 1.165) is 21.3 Å². The zero-order valence-electron chi connectivity index (χ0n) is 15.2. The van der Waals surface area contributed by atoms with Crippen molar-refractivity contribution in [1.29, 1.82) is 0 Å². The summed E-state index contributed by atoms with van der Waals surface area (Å²) in [5.41, 5.74) is 1.28. The van der Waals surface area contributed by atoms with Gasteiger partial charge in [-0.2, -0.15) is 0 Å². The summed E-state index contributed by atoms with van der Waals surface area (Å²) in [4.78, 5) is 27.8. The predicted molar refractivity (Wildman–Crippen MR) is 110 cm³/mol. The second kappa shape index (κ2) is 7.69. The number of ether oxygens (including phenoxy) is 2. The maximum atomic E-state index is 12.6. The molecule has 144 valence electrons. The van der Waals surface area contributed by atoms with Crippen LogP contribution in [0.25, 0.3) is 20.8 Å². The first kappa shape index (κ1) is 18.6. The highest BCUT2D eigenvalue weighted by atomic mass is 32.1. The summed E-state index contributed by atoms with van der Waals surface area (Å²) >= 11 is 1.49. The van der Waals surface area contributed by atoms with E-state index in [2.05, 4.69) is 4.98 Å². The molecule has 7 nitrogen and oxygen atoms in total. The summed E-state index contributed by atoms with van der Waals surface area (Å²) < 4.78 is 11.5. The number of fused-ring (bicyclic) bond motifs is 1. The third-order valence-electron chi connectivity index (χ3n) is 4.23. The number of nitro groups is 1. The van der Waals surface area contributed by atoms with Crippen LogP contribution in [0.2, 0.25) is 0 Å². The third kappa shape index (κ3) is 3.65. The molecule has 4 rings (SSSR count). The van der Waals surface area contributed by atoms with Crippen LogP contribution in [-0.4, -0.2) is 23.0 Å². The second-order valence-electron chi connectivity index (χ2n) is 6.02. The van der Waals surface area contributed by atoms with Crippen molar-refractivity contribution in [3.63, 3.8) is 0 Å². The average molecular weight is 406 g/mol. The van der Waals surface area contributed by atoms with Crippen LogP contribution in [0, 0.1) is 10.1 Å². The number of nitrogens with zero attached hydrogens (tertiary/aromatic N) is 2. The summed E-state index contributed by atoms with van der Waals surface area (Å²) in [6.45, 7) is 0. The van der Waals surface area contributed by atoms with Gasteiger partial charge in [-0.1, -0.05) is 24.3 Å². The minimum Gasteiger partial charge on any atom is -0.490 e. The number of thiazole rings is 1. The standard InChI is InChI=1S/C21H14N2O5S/c1-27-18-11-10-13(12-16(18)23(25)26)21(24)28-17-8-4-2-6-14(17)20-22-15-7-3-5-9-19(15)29-20/h2-12H,1H3. The molecule has 29 heavy (non-hydrogen) atoms. The molecule has 3 aromatic carbocycles. The number of carbonyl (C=O) groups is 1. The lowest BCUT2D eigenvalue weighted by atomic mass is 10.1. The van der Waals surface area contributed by atoms with Crippen LogP contribution in [0.5, 0.6) is 11.5 Å². The fourth-order valence-corrected chi connectivity index (χ4v) is 3.83. The number of esters is 1. The van der Waals surface area contributed by atoms with Crippen molar-refractivity contribution < 1.29 is 19.2 Å². The van der Waals surface area contributed by atoms with Gasteiger partial charge in [0.25, 0.3) is 0 Å². The smallest absolute Gasteiger partial charge is 0.343 e. The van der Waals surface area contributed by atoms with Gasteiger partial charge in [-0.15, -0.1) is 11.3 Å².